The highest BCUT2D eigenvalue weighted by Crippen LogP contribution is 2.27. The van der Waals surface area contributed by atoms with Gasteiger partial charge in [0.05, 0.1) is 0 Å². The Kier molecular flexibility index (Phi) is 5.24. The minimum atomic E-state index is -3.67. The molecule has 21 heavy (non-hydrogen) atoms. The predicted molar refractivity (Wildman–Crippen MR) is 82.5 cm³/mol. The Bertz CT molecular complexity index is 645. The van der Waals surface area contributed by atoms with Gasteiger partial charge in [-0.15, -0.1) is 0 Å². The summed E-state index contributed by atoms with van der Waals surface area (Å²) in [7, 11) is -3.67. The molecule has 9 heteroatoms. The zero-order valence-electron chi connectivity index (χ0n) is 11.3. The van der Waals surface area contributed by atoms with Crippen LogP contribution in [0.3, 0.4) is 0 Å². The lowest BCUT2D eigenvalue weighted by molar-refractivity contribution is -0.119. The van der Waals surface area contributed by atoms with E-state index in [1.165, 1.54) is 23.5 Å². The van der Waals surface area contributed by atoms with Crippen molar-refractivity contribution in [3.8, 4) is 0 Å². The van der Waals surface area contributed by atoms with E-state index < -0.39 is 10.0 Å². The van der Waals surface area contributed by atoms with Crippen molar-refractivity contribution in [2.75, 3.05) is 13.1 Å². The number of sulfonamides is 1. The van der Waals surface area contributed by atoms with E-state index >= 15 is 0 Å². The Morgan fingerprint density at radius 2 is 2.10 bits per heavy atom. The maximum absolute atomic E-state index is 12.6. The van der Waals surface area contributed by atoms with Gasteiger partial charge in [0.25, 0.3) is 0 Å². The lowest BCUT2D eigenvalue weighted by Gasteiger charge is -2.31. The third kappa shape index (κ3) is 3.94. The number of hydrogen-bond donors (Lipinski definition) is 1. The van der Waals surface area contributed by atoms with Crippen LogP contribution in [0.5, 0.6) is 0 Å². The average Bonchev–Trinajstić information content (AvgIpc) is 2.41. The normalized spacial score (nSPS) is 17.7. The minimum Gasteiger partial charge on any atom is -0.354 e. The monoisotopic (exact) mass is 395 g/mol. The first-order chi connectivity index (χ1) is 9.80. The van der Waals surface area contributed by atoms with Crippen LogP contribution in [0.2, 0.25) is 5.15 Å². The number of halogens is 2. The molecule has 0 bridgehead atoms. The smallest absolute Gasteiger partial charge is 0.246 e. The van der Waals surface area contributed by atoms with E-state index in [1.807, 2.05) is 0 Å². The predicted octanol–water partition coefficient (Wildman–Crippen LogP) is 1.79. The van der Waals surface area contributed by atoms with Crippen LogP contribution in [0.25, 0.3) is 0 Å². The molecule has 6 nitrogen and oxygen atoms in total. The fraction of sp³-hybridized carbons (Fsp3) is 0.500. The fourth-order valence-electron chi connectivity index (χ4n) is 2.25. The molecule has 1 saturated heterocycles. The standard InChI is InChI=1S/C12H15BrClN3O3S/c1-8(18)16-10-2-4-17(5-3-10)21(19,20)11-6-9(13)7-15-12(11)14/h6-7,10H,2-5H2,1H3,(H,16,18). The molecule has 0 radical (unpaired) electrons. The average molecular weight is 397 g/mol. The van der Waals surface area contributed by atoms with Crippen LogP contribution in [0.15, 0.2) is 21.6 Å². The maximum Gasteiger partial charge on any atom is 0.246 e. The van der Waals surface area contributed by atoms with E-state index in [0.29, 0.717) is 30.4 Å². The van der Waals surface area contributed by atoms with Crippen LogP contribution < -0.4 is 5.32 Å². The second kappa shape index (κ2) is 6.60. The summed E-state index contributed by atoms with van der Waals surface area (Å²) in [6, 6.07) is 1.47. The highest BCUT2D eigenvalue weighted by molar-refractivity contribution is 9.10. The van der Waals surface area contributed by atoms with Crippen molar-refractivity contribution in [3.63, 3.8) is 0 Å². The molecule has 116 valence electrons. The van der Waals surface area contributed by atoms with E-state index in [-0.39, 0.29) is 22.0 Å². The molecule has 1 aliphatic rings. The quantitative estimate of drug-likeness (QED) is 0.790. The molecule has 1 aromatic rings. The first-order valence-electron chi connectivity index (χ1n) is 6.39. The van der Waals surface area contributed by atoms with Gasteiger partial charge in [0, 0.05) is 36.7 Å². The van der Waals surface area contributed by atoms with Gasteiger partial charge in [-0.05, 0) is 34.8 Å². The van der Waals surface area contributed by atoms with Crippen LogP contribution in [0, 0.1) is 0 Å². The molecule has 0 aromatic carbocycles. The Morgan fingerprint density at radius 1 is 1.48 bits per heavy atom. The molecule has 0 aliphatic carbocycles. The summed E-state index contributed by atoms with van der Waals surface area (Å²) < 4.78 is 27.1. The number of hydrogen-bond acceptors (Lipinski definition) is 4. The van der Waals surface area contributed by atoms with Crippen LogP contribution in [-0.4, -0.2) is 42.7 Å². The van der Waals surface area contributed by atoms with Crippen LogP contribution in [0.4, 0.5) is 0 Å². The summed E-state index contributed by atoms with van der Waals surface area (Å²) in [6.45, 7) is 2.14. The maximum atomic E-state index is 12.6. The number of piperidine rings is 1. The third-order valence-electron chi connectivity index (χ3n) is 3.25. The summed E-state index contributed by atoms with van der Waals surface area (Å²) in [4.78, 5) is 14.9. The van der Waals surface area contributed by atoms with Crippen molar-refractivity contribution in [1.29, 1.82) is 0 Å². The molecule has 0 unspecified atom stereocenters. The highest BCUT2D eigenvalue weighted by atomic mass is 79.9. The van der Waals surface area contributed by atoms with Crippen molar-refractivity contribution >= 4 is 43.5 Å². The Morgan fingerprint density at radius 3 is 2.67 bits per heavy atom. The number of nitrogens with one attached hydrogen (secondary N) is 1. The number of carbonyl (C=O) groups is 1. The number of rotatable bonds is 3. The van der Waals surface area contributed by atoms with Gasteiger partial charge in [-0.1, -0.05) is 11.6 Å². The van der Waals surface area contributed by atoms with E-state index in [0.717, 1.165) is 0 Å². The summed E-state index contributed by atoms with van der Waals surface area (Å²) in [5, 5.41) is 2.77. The van der Waals surface area contributed by atoms with Crippen molar-refractivity contribution in [2.45, 2.75) is 30.7 Å². The third-order valence-corrected chi connectivity index (χ3v) is 6.01. The molecule has 1 aliphatic heterocycles. The fourth-order valence-corrected chi connectivity index (χ4v) is 4.64. The molecule has 1 aromatic heterocycles. The molecule has 2 rings (SSSR count). The van der Waals surface area contributed by atoms with Crippen LogP contribution in [-0.2, 0) is 14.8 Å². The summed E-state index contributed by atoms with van der Waals surface area (Å²) in [6.07, 6.45) is 2.61. The van der Waals surface area contributed by atoms with Gasteiger partial charge < -0.3 is 5.32 Å². The largest absolute Gasteiger partial charge is 0.354 e. The van der Waals surface area contributed by atoms with Gasteiger partial charge >= 0.3 is 0 Å². The van der Waals surface area contributed by atoms with E-state index in [4.69, 9.17) is 11.6 Å². The van der Waals surface area contributed by atoms with Crippen molar-refractivity contribution in [1.82, 2.24) is 14.6 Å². The van der Waals surface area contributed by atoms with Crippen molar-refractivity contribution in [3.05, 3.63) is 21.9 Å². The number of nitrogens with zero attached hydrogens (tertiary/aromatic N) is 2. The molecule has 0 spiro atoms. The zero-order valence-corrected chi connectivity index (χ0v) is 14.5. The van der Waals surface area contributed by atoms with Gasteiger partial charge in [-0.3, -0.25) is 4.79 Å². The van der Waals surface area contributed by atoms with Gasteiger partial charge in [-0.2, -0.15) is 4.31 Å². The highest BCUT2D eigenvalue weighted by Gasteiger charge is 2.31. The number of carbonyl (C=O) groups excluding carboxylic acids is 1. The Hall–Kier alpha value is -0.700. The number of pyridine rings is 1. The van der Waals surface area contributed by atoms with Gasteiger partial charge in [0.15, 0.2) is 0 Å². The zero-order chi connectivity index (χ0) is 15.6. The summed E-state index contributed by atoms with van der Waals surface area (Å²) in [5.74, 6) is -0.101. The lowest BCUT2D eigenvalue weighted by Crippen LogP contribution is -2.46. The molecule has 2 heterocycles. The Balaban J connectivity index is 2.15. The topological polar surface area (TPSA) is 79.4 Å². The van der Waals surface area contributed by atoms with Crippen LogP contribution >= 0.6 is 27.5 Å². The second-order valence-corrected chi connectivity index (χ2v) is 8.00. The van der Waals surface area contributed by atoms with Crippen molar-refractivity contribution < 1.29 is 13.2 Å². The Labute approximate surface area is 137 Å². The summed E-state index contributed by atoms with van der Waals surface area (Å²) >= 11 is 9.10. The lowest BCUT2D eigenvalue weighted by atomic mass is 10.1. The van der Waals surface area contributed by atoms with E-state index in [1.54, 1.807) is 0 Å². The molecular weight excluding hydrogens is 382 g/mol. The van der Waals surface area contributed by atoms with Crippen LogP contribution in [0.1, 0.15) is 19.8 Å². The molecule has 1 fully saturated rings. The van der Waals surface area contributed by atoms with E-state index in [2.05, 4.69) is 26.2 Å². The number of aromatic nitrogens is 1. The molecule has 0 atom stereocenters. The van der Waals surface area contributed by atoms with Crippen molar-refractivity contribution in [2.24, 2.45) is 0 Å². The molecule has 1 amide bonds. The van der Waals surface area contributed by atoms with Gasteiger partial charge in [0.2, 0.25) is 15.9 Å². The summed E-state index contributed by atoms with van der Waals surface area (Å²) in [5.41, 5.74) is 0. The van der Waals surface area contributed by atoms with Gasteiger partial charge in [0.1, 0.15) is 10.0 Å². The first-order valence-corrected chi connectivity index (χ1v) is 9.00. The first kappa shape index (κ1) is 16.7. The molecule has 1 N–H and O–H groups in total. The minimum absolute atomic E-state index is 0.00322. The van der Waals surface area contributed by atoms with Gasteiger partial charge in [-0.25, -0.2) is 13.4 Å². The molecular formula is C12H15BrClN3O3S. The second-order valence-electron chi connectivity index (χ2n) is 4.82. The SMILES string of the molecule is CC(=O)NC1CCN(S(=O)(=O)c2cc(Br)cnc2Cl)CC1. The molecule has 0 saturated carbocycles. The van der Waals surface area contributed by atoms with E-state index in [9.17, 15) is 13.2 Å². The number of amides is 1.